The Bertz CT molecular complexity index is 819. The SMILES string of the molecule is [C-]#[N+]c1ccc(S(=O)(=O)CCCS(=O)(=O)OCl)cc1[N+]#[C-]. The van der Waals surface area contributed by atoms with E-state index in [1.807, 2.05) is 0 Å². The number of rotatable bonds is 6. The summed E-state index contributed by atoms with van der Waals surface area (Å²) in [5, 5.41) is 0. The zero-order valence-electron chi connectivity index (χ0n) is 10.5. The Morgan fingerprint density at radius 1 is 1.05 bits per heavy atom. The minimum absolute atomic E-state index is 0.0575. The Balaban J connectivity index is 2.95. The number of hydrogen-bond acceptors (Lipinski definition) is 5. The van der Waals surface area contributed by atoms with Crippen molar-refractivity contribution in [3.05, 3.63) is 41.0 Å². The topological polar surface area (TPSA) is 86.2 Å². The lowest BCUT2D eigenvalue weighted by Crippen LogP contribution is -2.12. The number of benzene rings is 1. The largest absolute Gasteiger partial charge is 0.283 e. The normalized spacial score (nSPS) is 11.6. The van der Waals surface area contributed by atoms with Gasteiger partial charge in [0.1, 0.15) is 0 Å². The molecule has 1 aromatic carbocycles. The number of hydrogen-bond donors (Lipinski definition) is 0. The van der Waals surface area contributed by atoms with Crippen molar-refractivity contribution < 1.29 is 20.6 Å². The summed E-state index contributed by atoms with van der Waals surface area (Å²) in [4.78, 5) is 6.05. The van der Waals surface area contributed by atoms with E-state index in [1.54, 1.807) is 0 Å². The van der Waals surface area contributed by atoms with Crippen LogP contribution in [0.15, 0.2) is 23.1 Å². The molecule has 0 N–H and O–H groups in total. The minimum atomic E-state index is -3.93. The summed E-state index contributed by atoms with van der Waals surface area (Å²) in [5.41, 5.74) is -0.00939. The van der Waals surface area contributed by atoms with Gasteiger partial charge in [-0.25, -0.2) is 8.42 Å². The van der Waals surface area contributed by atoms with E-state index in [2.05, 4.69) is 13.4 Å². The highest BCUT2D eigenvalue weighted by Crippen LogP contribution is 2.31. The van der Waals surface area contributed by atoms with Gasteiger partial charge in [0, 0.05) is 0 Å². The molecular weight excluding hydrogens is 340 g/mol. The third kappa shape index (κ3) is 4.69. The lowest BCUT2D eigenvalue weighted by Gasteiger charge is -2.05. The van der Waals surface area contributed by atoms with Gasteiger partial charge in [-0.15, -0.1) is 0 Å². The molecule has 0 saturated heterocycles. The standard InChI is InChI=1S/C11H9ClN2O5S2/c1-13-10-5-4-9(8-11(10)14-2)20(15,16)6-3-7-21(17,18)19-12/h4-5,8H,3,6-7H2. The molecule has 0 unspecified atom stereocenters. The fourth-order valence-electron chi connectivity index (χ4n) is 1.46. The highest BCUT2D eigenvalue weighted by molar-refractivity contribution is 7.91. The molecule has 7 nitrogen and oxygen atoms in total. The van der Waals surface area contributed by atoms with Gasteiger partial charge < -0.3 is 0 Å². The van der Waals surface area contributed by atoms with Crippen LogP contribution < -0.4 is 0 Å². The van der Waals surface area contributed by atoms with E-state index in [4.69, 9.17) is 25.0 Å². The molecule has 0 saturated carbocycles. The molecule has 112 valence electrons. The van der Waals surface area contributed by atoms with Crippen molar-refractivity contribution >= 4 is 43.2 Å². The molecule has 0 aliphatic rings. The minimum Gasteiger partial charge on any atom is -0.250 e. The maximum Gasteiger partial charge on any atom is 0.283 e. The molecular formula is C11H9ClN2O5S2. The van der Waals surface area contributed by atoms with Crippen LogP contribution in [0.1, 0.15) is 6.42 Å². The van der Waals surface area contributed by atoms with Gasteiger partial charge >= 0.3 is 0 Å². The van der Waals surface area contributed by atoms with E-state index in [0.717, 1.165) is 6.07 Å². The highest BCUT2D eigenvalue weighted by Gasteiger charge is 2.18. The summed E-state index contributed by atoms with van der Waals surface area (Å²) in [6, 6.07) is 3.55. The van der Waals surface area contributed by atoms with E-state index in [1.165, 1.54) is 12.1 Å². The van der Waals surface area contributed by atoms with Crippen molar-refractivity contribution in [3.8, 4) is 0 Å². The first-order chi connectivity index (χ1) is 9.75. The van der Waals surface area contributed by atoms with E-state index >= 15 is 0 Å². The average Bonchev–Trinajstić information content (AvgIpc) is 2.46. The predicted molar refractivity (Wildman–Crippen MR) is 76.4 cm³/mol. The smallest absolute Gasteiger partial charge is 0.250 e. The Morgan fingerprint density at radius 2 is 1.67 bits per heavy atom. The van der Waals surface area contributed by atoms with Gasteiger partial charge in [-0.2, -0.15) is 12.2 Å². The Labute approximate surface area is 128 Å². The van der Waals surface area contributed by atoms with Gasteiger partial charge in [0.15, 0.2) is 21.2 Å². The van der Waals surface area contributed by atoms with Crippen molar-refractivity contribution in [3.63, 3.8) is 0 Å². The Kier molecular flexibility index (Phi) is 5.70. The van der Waals surface area contributed by atoms with Crippen LogP contribution in [0, 0.1) is 13.1 Å². The third-order valence-corrected chi connectivity index (χ3v) is 5.81. The number of nitrogens with zero attached hydrogens (tertiary/aromatic N) is 2. The number of sulfone groups is 1. The van der Waals surface area contributed by atoms with Crippen molar-refractivity contribution in [1.29, 1.82) is 0 Å². The molecule has 0 aliphatic heterocycles. The van der Waals surface area contributed by atoms with Crippen LogP contribution in [0.2, 0.25) is 0 Å². The second-order valence-electron chi connectivity index (χ2n) is 3.87. The first-order valence-electron chi connectivity index (χ1n) is 5.40. The van der Waals surface area contributed by atoms with Crippen LogP contribution in [0.4, 0.5) is 11.4 Å². The van der Waals surface area contributed by atoms with Crippen LogP contribution in [-0.4, -0.2) is 28.3 Å². The van der Waals surface area contributed by atoms with E-state index in [-0.39, 0.29) is 22.7 Å². The molecule has 0 spiro atoms. The first kappa shape index (κ1) is 17.4. The average molecular weight is 349 g/mol. The third-order valence-electron chi connectivity index (χ3n) is 2.45. The fraction of sp³-hybridized carbons (Fsp3) is 0.273. The summed E-state index contributed by atoms with van der Waals surface area (Å²) in [7, 11) is -7.69. The zero-order chi connectivity index (χ0) is 16.1. The molecule has 0 aromatic heterocycles. The summed E-state index contributed by atoms with van der Waals surface area (Å²) in [5.74, 6) is -0.979. The van der Waals surface area contributed by atoms with Gasteiger partial charge in [0.25, 0.3) is 10.1 Å². The van der Waals surface area contributed by atoms with Crippen LogP contribution in [0.5, 0.6) is 0 Å². The van der Waals surface area contributed by atoms with Crippen molar-refractivity contribution in [2.75, 3.05) is 11.5 Å². The first-order valence-corrected chi connectivity index (χ1v) is 8.94. The molecule has 0 aliphatic carbocycles. The molecule has 0 fully saturated rings. The fourth-order valence-corrected chi connectivity index (χ4v) is 3.72. The maximum absolute atomic E-state index is 12.0. The number of halogens is 1. The van der Waals surface area contributed by atoms with Crippen LogP contribution >= 0.6 is 11.9 Å². The van der Waals surface area contributed by atoms with Gasteiger partial charge in [0.05, 0.1) is 41.4 Å². The van der Waals surface area contributed by atoms with E-state index in [9.17, 15) is 16.8 Å². The van der Waals surface area contributed by atoms with Gasteiger partial charge in [-0.1, -0.05) is 12.1 Å². The van der Waals surface area contributed by atoms with Crippen molar-refractivity contribution in [2.45, 2.75) is 11.3 Å². The second-order valence-corrected chi connectivity index (χ2v) is 8.01. The molecule has 1 aromatic rings. The molecule has 0 atom stereocenters. The quantitative estimate of drug-likeness (QED) is 0.737. The van der Waals surface area contributed by atoms with Crippen LogP contribution in [0.25, 0.3) is 9.69 Å². The Hall–Kier alpha value is -1.65. The second kappa shape index (κ2) is 6.87. The van der Waals surface area contributed by atoms with Gasteiger partial charge in [-0.05, 0) is 12.5 Å². The molecule has 0 heterocycles. The molecule has 1 rings (SSSR count). The Morgan fingerprint density at radius 3 is 2.19 bits per heavy atom. The predicted octanol–water partition coefficient (Wildman–Crippen LogP) is 2.45. The van der Waals surface area contributed by atoms with Crippen LogP contribution in [-0.2, 0) is 23.7 Å². The molecule has 0 radical (unpaired) electrons. The van der Waals surface area contributed by atoms with Crippen LogP contribution in [0.3, 0.4) is 0 Å². The molecule has 0 bridgehead atoms. The van der Waals surface area contributed by atoms with Crippen molar-refractivity contribution in [1.82, 2.24) is 0 Å². The summed E-state index contributed by atoms with van der Waals surface area (Å²) in [6.45, 7) is 13.8. The molecule has 21 heavy (non-hydrogen) atoms. The summed E-state index contributed by atoms with van der Waals surface area (Å²) in [6.07, 6.45) is -0.199. The van der Waals surface area contributed by atoms with Crippen molar-refractivity contribution in [2.24, 2.45) is 0 Å². The van der Waals surface area contributed by atoms with E-state index in [0.29, 0.717) is 0 Å². The zero-order valence-corrected chi connectivity index (χ0v) is 12.9. The van der Waals surface area contributed by atoms with Gasteiger partial charge in [0.2, 0.25) is 0 Å². The maximum atomic E-state index is 12.0. The lowest BCUT2D eigenvalue weighted by molar-refractivity contribution is 0.507. The molecule has 10 heteroatoms. The lowest BCUT2D eigenvalue weighted by atomic mass is 10.3. The molecule has 0 amide bonds. The summed E-state index contributed by atoms with van der Waals surface area (Å²) >= 11 is 4.73. The highest BCUT2D eigenvalue weighted by atomic mass is 35.5. The van der Waals surface area contributed by atoms with E-state index < -0.39 is 31.5 Å². The van der Waals surface area contributed by atoms with Gasteiger partial charge in [-0.3, -0.25) is 9.69 Å². The monoisotopic (exact) mass is 348 g/mol. The summed E-state index contributed by atoms with van der Waals surface area (Å²) < 4.78 is 49.7.